The van der Waals surface area contributed by atoms with Gasteiger partial charge in [-0.1, -0.05) is 6.07 Å². The Morgan fingerprint density at radius 3 is 2.25 bits per heavy atom. The van der Waals surface area contributed by atoms with Gasteiger partial charge in [0.15, 0.2) is 0 Å². The second-order valence-corrected chi connectivity index (χ2v) is 7.81. The van der Waals surface area contributed by atoms with Gasteiger partial charge in [0.1, 0.15) is 11.5 Å². The maximum absolute atomic E-state index is 12.8. The number of nitrogens with zero attached hydrogens (tertiary/aromatic N) is 3. The molecule has 196 valence electrons. The molecule has 0 fully saturated rings. The van der Waals surface area contributed by atoms with Gasteiger partial charge < -0.3 is 10.8 Å². The summed E-state index contributed by atoms with van der Waals surface area (Å²) in [5.41, 5.74) is 4.52. The highest BCUT2D eigenvalue weighted by Gasteiger charge is 2.38. The van der Waals surface area contributed by atoms with Gasteiger partial charge in [0.05, 0.1) is 6.54 Å². The first-order valence-corrected chi connectivity index (χ1v) is 10.3. The zero-order valence-corrected chi connectivity index (χ0v) is 18.4. The summed E-state index contributed by atoms with van der Waals surface area (Å²) in [5.74, 6) is -2.65. The fourth-order valence-corrected chi connectivity index (χ4v) is 3.44. The molecular formula is C19H15F8N5O3S. The predicted molar refractivity (Wildman–Crippen MR) is 110 cm³/mol. The molecule has 0 aliphatic rings. The van der Waals surface area contributed by atoms with Crippen LogP contribution in [0.4, 0.5) is 35.1 Å². The number of aromatic amines is 1. The fourth-order valence-electron chi connectivity index (χ4n) is 2.56. The quantitative estimate of drug-likeness (QED) is 0.402. The number of hydrogen-bond donors (Lipinski definition) is 3. The molecular weight excluding hydrogens is 530 g/mol. The first kappa shape index (κ1) is 28.6. The average Bonchev–Trinajstić information content (AvgIpc) is 3.38. The van der Waals surface area contributed by atoms with Gasteiger partial charge in [0.2, 0.25) is 0 Å². The van der Waals surface area contributed by atoms with Crippen LogP contribution >= 0.6 is 11.3 Å². The summed E-state index contributed by atoms with van der Waals surface area (Å²) in [6.07, 6.45) is -10.7. The van der Waals surface area contributed by atoms with Gasteiger partial charge in [0, 0.05) is 35.2 Å². The van der Waals surface area contributed by atoms with Crippen molar-refractivity contribution >= 4 is 17.3 Å². The summed E-state index contributed by atoms with van der Waals surface area (Å²) in [5, 5.41) is 14.8. The van der Waals surface area contributed by atoms with E-state index in [0.29, 0.717) is 16.0 Å². The number of halogens is 8. The Kier molecular flexibility index (Phi) is 9.09. The zero-order valence-electron chi connectivity index (χ0n) is 17.6. The summed E-state index contributed by atoms with van der Waals surface area (Å²) in [7, 11) is 0. The van der Waals surface area contributed by atoms with E-state index in [4.69, 9.17) is 15.6 Å². The summed E-state index contributed by atoms with van der Waals surface area (Å²) < 4.78 is 96.5. The lowest BCUT2D eigenvalue weighted by molar-refractivity contribution is -0.192. The van der Waals surface area contributed by atoms with E-state index in [1.54, 1.807) is 11.4 Å². The van der Waals surface area contributed by atoms with Crippen molar-refractivity contribution in [1.29, 1.82) is 0 Å². The number of nitrogens with one attached hydrogen (secondary N) is 1. The molecule has 0 saturated heterocycles. The van der Waals surface area contributed by atoms with Crippen molar-refractivity contribution < 1.29 is 45.0 Å². The van der Waals surface area contributed by atoms with Gasteiger partial charge in [-0.25, -0.2) is 14.7 Å². The Labute approximate surface area is 199 Å². The molecule has 0 amide bonds. The summed E-state index contributed by atoms with van der Waals surface area (Å²) in [4.78, 5) is 25.0. The van der Waals surface area contributed by atoms with Crippen molar-refractivity contribution in [1.82, 2.24) is 19.7 Å². The molecule has 0 bridgehead atoms. The molecule has 3 heterocycles. The van der Waals surface area contributed by atoms with Crippen molar-refractivity contribution in [3.63, 3.8) is 0 Å². The number of pyridine rings is 1. The van der Waals surface area contributed by atoms with Crippen molar-refractivity contribution in [3.05, 3.63) is 68.3 Å². The van der Waals surface area contributed by atoms with Crippen LogP contribution in [0.5, 0.6) is 0 Å². The molecule has 0 atom stereocenters. The molecule has 0 radical (unpaired) electrons. The van der Waals surface area contributed by atoms with Gasteiger partial charge in [0.25, 0.3) is 6.08 Å². The highest BCUT2D eigenvalue weighted by Crippen LogP contribution is 2.30. The molecule has 3 aromatic rings. The van der Waals surface area contributed by atoms with E-state index in [9.17, 15) is 39.9 Å². The van der Waals surface area contributed by atoms with E-state index in [-0.39, 0.29) is 30.9 Å². The van der Waals surface area contributed by atoms with E-state index >= 15 is 0 Å². The lowest BCUT2D eigenvalue weighted by Gasteiger charge is -2.06. The van der Waals surface area contributed by atoms with Crippen molar-refractivity contribution in [2.45, 2.75) is 25.3 Å². The number of aromatic nitrogens is 4. The van der Waals surface area contributed by atoms with Crippen LogP contribution in [0, 0.1) is 0 Å². The number of carboxylic acid groups (broad SMARTS) is 1. The zero-order chi connectivity index (χ0) is 27.3. The van der Waals surface area contributed by atoms with E-state index < -0.39 is 35.8 Å². The van der Waals surface area contributed by atoms with E-state index in [2.05, 4.69) is 15.2 Å². The van der Waals surface area contributed by atoms with E-state index in [1.165, 1.54) is 22.0 Å². The molecule has 0 spiro atoms. The minimum atomic E-state index is -5.08. The maximum Gasteiger partial charge on any atom is 0.490 e. The number of aliphatic carboxylic acids is 1. The highest BCUT2D eigenvalue weighted by atomic mass is 32.1. The third-order valence-electron chi connectivity index (χ3n) is 4.32. The van der Waals surface area contributed by atoms with Crippen LogP contribution in [0.1, 0.15) is 16.4 Å². The Morgan fingerprint density at radius 2 is 1.78 bits per heavy atom. The Hall–Kier alpha value is -3.60. The normalized spacial score (nSPS) is 11.6. The number of hydrogen-bond acceptors (Lipinski definition) is 6. The molecule has 3 aromatic heterocycles. The summed E-state index contributed by atoms with van der Waals surface area (Å²) in [6, 6.07) is 3.88. The van der Waals surface area contributed by atoms with Gasteiger partial charge in [-0.2, -0.15) is 40.2 Å². The first-order valence-electron chi connectivity index (χ1n) is 9.41. The van der Waals surface area contributed by atoms with Gasteiger partial charge in [-0.15, -0.1) is 11.3 Å². The smallest absolute Gasteiger partial charge is 0.475 e. The molecule has 0 aliphatic carbocycles. The topological polar surface area (TPSA) is 127 Å². The number of alkyl halides is 6. The van der Waals surface area contributed by atoms with Crippen LogP contribution in [0.15, 0.2) is 46.2 Å². The molecule has 8 nitrogen and oxygen atoms in total. The number of carboxylic acids is 1. The average molecular weight is 545 g/mol. The largest absolute Gasteiger partial charge is 0.490 e. The second kappa shape index (κ2) is 11.4. The number of nitrogens with two attached hydrogens (primary N) is 1. The lowest BCUT2D eigenvalue weighted by Crippen LogP contribution is -2.21. The molecule has 0 saturated carbocycles. The van der Waals surface area contributed by atoms with Crippen molar-refractivity contribution in [2.24, 2.45) is 5.73 Å². The van der Waals surface area contributed by atoms with Crippen molar-refractivity contribution in [3.8, 4) is 11.1 Å². The molecule has 0 aliphatic heterocycles. The highest BCUT2D eigenvalue weighted by molar-refractivity contribution is 7.10. The van der Waals surface area contributed by atoms with Crippen molar-refractivity contribution in [2.75, 3.05) is 6.54 Å². The minimum Gasteiger partial charge on any atom is -0.475 e. The van der Waals surface area contributed by atoms with Crippen LogP contribution in [0.2, 0.25) is 0 Å². The lowest BCUT2D eigenvalue weighted by atomic mass is 10.1. The molecule has 17 heteroatoms. The molecule has 4 N–H and O–H groups in total. The van der Waals surface area contributed by atoms with E-state index in [1.807, 2.05) is 0 Å². The van der Waals surface area contributed by atoms with E-state index in [0.717, 1.165) is 12.3 Å². The third kappa shape index (κ3) is 7.70. The molecule has 3 rings (SSSR count). The number of thiophene rings is 1. The first-order chi connectivity index (χ1) is 16.6. The molecule has 0 unspecified atom stereocenters. The Balaban J connectivity index is 0.000000572. The standard InChI is InChI=1S/C17H14F5N5OS.C2HF3O2/c18-15(19)10(5-23)4-14-25-26-16(28)27(14)7-12-3-11(8-29-12)9-1-2-13(24-6-9)17(20,21)22;3-2(4,5)1(6)7/h1-3,6,8H,4-5,7,23H2,(H,26,28);(H,6,7). The van der Waals surface area contributed by atoms with Crippen LogP contribution < -0.4 is 11.4 Å². The summed E-state index contributed by atoms with van der Waals surface area (Å²) in [6.45, 7) is -0.303. The van der Waals surface area contributed by atoms with Gasteiger partial charge in [-0.05, 0) is 23.1 Å². The van der Waals surface area contributed by atoms with Crippen LogP contribution in [0.3, 0.4) is 0 Å². The molecule has 0 aromatic carbocycles. The summed E-state index contributed by atoms with van der Waals surface area (Å²) >= 11 is 1.26. The number of carbonyl (C=O) groups is 1. The Morgan fingerprint density at radius 1 is 1.14 bits per heavy atom. The minimum absolute atomic E-state index is 0.0646. The van der Waals surface area contributed by atoms with Gasteiger partial charge in [-0.3, -0.25) is 9.55 Å². The third-order valence-corrected chi connectivity index (χ3v) is 5.24. The monoisotopic (exact) mass is 545 g/mol. The van der Waals surface area contributed by atoms with Crippen LogP contribution in [-0.2, 0) is 23.9 Å². The SMILES string of the molecule is NCC(Cc1n[nH]c(=O)n1Cc1cc(-c2ccc(C(F)(F)F)nc2)cs1)=C(F)F.O=C(O)C(F)(F)F. The second-order valence-electron chi connectivity index (χ2n) is 6.81. The fraction of sp³-hybridized carbons (Fsp3) is 0.263. The Bertz CT molecular complexity index is 1270. The predicted octanol–water partition coefficient (Wildman–Crippen LogP) is 4.05. The van der Waals surface area contributed by atoms with Crippen LogP contribution in [-0.4, -0.2) is 43.5 Å². The number of rotatable bonds is 6. The van der Waals surface area contributed by atoms with Gasteiger partial charge >= 0.3 is 24.0 Å². The molecule has 36 heavy (non-hydrogen) atoms. The maximum atomic E-state index is 12.8. The number of H-pyrrole nitrogens is 1. The van der Waals surface area contributed by atoms with Crippen LogP contribution in [0.25, 0.3) is 11.1 Å².